The van der Waals surface area contributed by atoms with Crippen molar-refractivity contribution >= 4 is 5.78 Å². The van der Waals surface area contributed by atoms with E-state index >= 15 is 0 Å². The molecule has 1 aliphatic heterocycles. The third-order valence-corrected chi connectivity index (χ3v) is 3.42. The van der Waals surface area contributed by atoms with E-state index in [9.17, 15) is 0 Å². The number of hydrogen-bond donors (Lipinski definition) is 1. The van der Waals surface area contributed by atoms with E-state index in [-0.39, 0.29) is 0 Å². The molecule has 0 radical (unpaired) electrons. The van der Waals surface area contributed by atoms with E-state index in [1.807, 2.05) is 22.9 Å². The molecule has 1 unspecified atom stereocenters. The molecule has 90 valence electrons. The largest absolute Gasteiger partial charge is 0.329 e. The van der Waals surface area contributed by atoms with Crippen molar-refractivity contribution < 1.29 is 0 Å². The van der Waals surface area contributed by atoms with E-state index < -0.39 is 0 Å². The SMILES string of the molecule is NCC1CCCN1Cc1cn2cccnc2n1. The molecule has 0 amide bonds. The zero-order valence-electron chi connectivity index (χ0n) is 9.79. The van der Waals surface area contributed by atoms with Gasteiger partial charge in [0, 0.05) is 37.7 Å². The Hall–Kier alpha value is -1.46. The van der Waals surface area contributed by atoms with E-state index in [2.05, 4.69) is 14.9 Å². The van der Waals surface area contributed by atoms with Gasteiger partial charge in [0.15, 0.2) is 0 Å². The second-order valence-corrected chi connectivity index (χ2v) is 4.56. The maximum atomic E-state index is 5.77. The molecular formula is C12H17N5. The van der Waals surface area contributed by atoms with Crippen molar-refractivity contribution in [1.82, 2.24) is 19.3 Å². The van der Waals surface area contributed by atoms with Gasteiger partial charge in [-0.15, -0.1) is 0 Å². The van der Waals surface area contributed by atoms with Crippen LogP contribution in [0.15, 0.2) is 24.7 Å². The number of hydrogen-bond acceptors (Lipinski definition) is 4. The average molecular weight is 231 g/mol. The fourth-order valence-corrected chi connectivity index (χ4v) is 2.53. The normalized spacial score (nSPS) is 21.4. The Morgan fingerprint density at radius 1 is 1.47 bits per heavy atom. The van der Waals surface area contributed by atoms with Crippen LogP contribution in [0.5, 0.6) is 0 Å². The number of fused-ring (bicyclic) bond motifs is 1. The van der Waals surface area contributed by atoms with Crippen molar-refractivity contribution in [2.24, 2.45) is 5.73 Å². The quantitative estimate of drug-likeness (QED) is 0.842. The molecule has 17 heavy (non-hydrogen) atoms. The summed E-state index contributed by atoms with van der Waals surface area (Å²) in [7, 11) is 0. The summed E-state index contributed by atoms with van der Waals surface area (Å²) in [6.45, 7) is 2.75. The monoisotopic (exact) mass is 231 g/mol. The van der Waals surface area contributed by atoms with Gasteiger partial charge in [0.05, 0.1) is 5.69 Å². The van der Waals surface area contributed by atoms with Crippen LogP contribution in [0.25, 0.3) is 5.78 Å². The van der Waals surface area contributed by atoms with Crippen molar-refractivity contribution in [3.8, 4) is 0 Å². The second-order valence-electron chi connectivity index (χ2n) is 4.56. The van der Waals surface area contributed by atoms with E-state index in [4.69, 9.17) is 5.73 Å². The summed E-state index contributed by atoms with van der Waals surface area (Å²) in [6, 6.07) is 2.43. The van der Waals surface area contributed by atoms with Crippen LogP contribution in [0.3, 0.4) is 0 Å². The smallest absolute Gasteiger partial charge is 0.233 e. The molecule has 1 saturated heterocycles. The minimum Gasteiger partial charge on any atom is -0.329 e. The van der Waals surface area contributed by atoms with Gasteiger partial charge in [-0.3, -0.25) is 9.30 Å². The Kier molecular flexibility index (Phi) is 2.78. The number of aromatic nitrogens is 3. The topological polar surface area (TPSA) is 59.5 Å². The van der Waals surface area contributed by atoms with Crippen LogP contribution in [0, 0.1) is 0 Å². The summed E-state index contributed by atoms with van der Waals surface area (Å²) >= 11 is 0. The van der Waals surface area contributed by atoms with Crippen LogP contribution in [0.2, 0.25) is 0 Å². The van der Waals surface area contributed by atoms with Gasteiger partial charge in [-0.2, -0.15) is 0 Å². The third-order valence-electron chi connectivity index (χ3n) is 3.42. The summed E-state index contributed by atoms with van der Waals surface area (Å²) in [5, 5.41) is 0. The number of nitrogens with zero attached hydrogens (tertiary/aromatic N) is 4. The summed E-state index contributed by atoms with van der Waals surface area (Å²) in [5.41, 5.74) is 6.85. The van der Waals surface area contributed by atoms with Crippen LogP contribution in [-0.2, 0) is 6.54 Å². The second kappa shape index (κ2) is 4.43. The van der Waals surface area contributed by atoms with Crippen LogP contribution < -0.4 is 5.73 Å². The van der Waals surface area contributed by atoms with E-state index in [1.165, 1.54) is 12.8 Å². The Morgan fingerprint density at radius 3 is 3.24 bits per heavy atom. The molecular weight excluding hydrogens is 214 g/mol. The standard InChI is InChI=1S/C12H17N5/c13-7-11-3-1-5-16(11)8-10-9-17-6-2-4-14-12(17)15-10/h2,4,6,9,11H,1,3,5,7-8,13H2. The molecule has 1 atom stereocenters. The summed E-state index contributed by atoms with van der Waals surface area (Å²) < 4.78 is 1.96. The lowest BCUT2D eigenvalue weighted by Gasteiger charge is -2.21. The lowest BCUT2D eigenvalue weighted by Crippen LogP contribution is -2.34. The van der Waals surface area contributed by atoms with E-state index in [1.54, 1.807) is 6.20 Å². The molecule has 0 saturated carbocycles. The predicted octanol–water partition coefficient (Wildman–Crippen LogP) is 0.652. The van der Waals surface area contributed by atoms with Gasteiger partial charge in [-0.05, 0) is 25.5 Å². The summed E-state index contributed by atoms with van der Waals surface area (Å²) in [4.78, 5) is 11.2. The van der Waals surface area contributed by atoms with Gasteiger partial charge >= 0.3 is 0 Å². The highest BCUT2D eigenvalue weighted by Gasteiger charge is 2.23. The molecule has 0 spiro atoms. The van der Waals surface area contributed by atoms with Gasteiger partial charge in [-0.25, -0.2) is 9.97 Å². The molecule has 2 N–H and O–H groups in total. The van der Waals surface area contributed by atoms with Crippen LogP contribution in [0.4, 0.5) is 0 Å². The lowest BCUT2D eigenvalue weighted by molar-refractivity contribution is 0.248. The number of nitrogens with two attached hydrogens (primary N) is 1. The van der Waals surface area contributed by atoms with Crippen molar-refractivity contribution in [2.75, 3.05) is 13.1 Å². The molecule has 5 nitrogen and oxygen atoms in total. The molecule has 0 aliphatic carbocycles. The summed E-state index contributed by atoms with van der Waals surface area (Å²) in [6.07, 6.45) is 8.25. The fourth-order valence-electron chi connectivity index (χ4n) is 2.53. The van der Waals surface area contributed by atoms with Crippen molar-refractivity contribution in [1.29, 1.82) is 0 Å². The third kappa shape index (κ3) is 2.03. The maximum absolute atomic E-state index is 5.77. The van der Waals surface area contributed by atoms with E-state index in [0.717, 1.165) is 31.1 Å². The first-order valence-electron chi connectivity index (χ1n) is 6.09. The van der Waals surface area contributed by atoms with Crippen molar-refractivity contribution in [3.05, 3.63) is 30.4 Å². The minimum atomic E-state index is 0.521. The molecule has 1 fully saturated rings. The fraction of sp³-hybridized carbons (Fsp3) is 0.500. The van der Waals surface area contributed by atoms with Gasteiger partial charge in [0.1, 0.15) is 0 Å². The van der Waals surface area contributed by atoms with Crippen LogP contribution >= 0.6 is 0 Å². The molecule has 3 rings (SSSR count). The molecule has 2 aromatic heterocycles. The number of imidazole rings is 1. The first-order chi connectivity index (χ1) is 8.36. The molecule has 2 aromatic rings. The first-order valence-corrected chi connectivity index (χ1v) is 6.09. The van der Waals surface area contributed by atoms with Crippen LogP contribution in [-0.4, -0.2) is 38.4 Å². The van der Waals surface area contributed by atoms with Gasteiger partial charge in [0.2, 0.25) is 5.78 Å². The Labute approximate surface area is 100 Å². The number of rotatable bonds is 3. The highest BCUT2D eigenvalue weighted by Crippen LogP contribution is 2.18. The average Bonchev–Trinajstić information content (AvgIpc) is 2.94. The molecule has 3 heterocycles. The van der Waals surface area contributed by atoms with Crippen LogP contribution in [0.1, 0.15) is 18.5 Å². The Bertz CT molecular complexity index is 473. The van der Waals surface area contributed by atoms with E-state index in [0.29, 0.717) is 6.04 Å². The van der Waals surface area contributed by atoms with Gasteiger partial charge in [0.25, 0.3) is 0 Å². The van der Waals surface area contributed by atoms with Crippen molar-refractivity contribution in [3.63, 3.8) is 0 Å². The maximum Gasteiger partial charge on any atom is 0.233 e. The zero-order chi connectivity index (χ0) is 11.7. The Morgan fingerprint density at radius 2 is 2.41 bits per heavy atom. The lowest BCUT2D eigenvalue weighted by atomic mass is 10.2. The van der Waals surface area contributed by atoms with Gasteiger partial charge in [-0.1, -0.05) is 0 Å². The zero-order valence-corrected chi connectivity index (χ0v) is 9.79. The molecule has 0 aromatic carbocycles. The minimum absolute atomic E-state index is 0.521. The number of likely N-dealkylation sites (tertiary alicyclic amines) is 1. The highest BCUT2D eigenvalue weighted by molar-refractivity contribution is 5.29. The highest BCUT2D eigenvalue weighted by atomic mass is 15.2. The summed E-state index contributed by atoms with van der Waals surface area (Å²) in [5.74, 6) is 0.769. The first kappa shape index (κ1) is 10.7. The Balaban J connectivity index is 1.80. The van der Waals surface area contributed by atoms with Crippen molar-refractivity contribution in [2.45, 2.75) is 25.4 Å². The molecule has 5 heteroatoms. The molecule has 1 aliphatic rings. The molecule has 0 bridgehead atoms. The van der Waals surface area contributed by atoms with Gasteiger partial charge < -0.3 is 5.73 Å². The predicted molar refractivity (Wildman–Crippen MR) is 65.5 cm³/mol.